The average Bonchev–Trinajstić information content (AvgIpc) is 3.06. The van der Waals surface area contributed by atoms with Crippen LogP contribution >= 0.6 is 0 Å². The van der Waals surface area contributed by atoms with E-state index in [1.54, 1.807) is 6.92 Å². The first-order chi connectivity index (χ1) is 24.1. The van der Waals surface area contributed by atoms with E-state index >= 15 is 0 Å². The quantitative estimate of drug-likeness (QED) is 0.173. The molecule has 0 aromatic rings. The summed E-state index contributed by atoms with van der Waals surface area (Å²) >= 11 is 0. The summed E-state index contributed by atoms with van der Waals surface area (Å²) in [4.78, 5) is 13.0. The molecule has 6 fully saturated rings. The van der Waals surface area contributed by atoms with Crippen molar-refractivity contribution >= 4 is 5.97 Å². The van der Waals surface area contributed by atoms with Crippen LogP contribution in [-0.2, 0) is 23.7 Å². The summed E-state index contributed by atoms with van der Waals surface area (Å²) in [6.07, 6.45) is -0.253. The summed E-state index contributed by atoms with van der Waals surface area (Å²) in [5.74, 6) is 0.219. The van der Waals surface area contributed by atoms with Crippen LogP contribution in [0.1, 0.15) is 120 Å². The van der Waals surface area contributed by atoms with Crippen molar-refractivity contribution in [3.8, 4) is 0 Å². The highest BCUT2D eigenvalue weighted by Crippen LogP contribution is 2.76. The number of hydrogen-bond acceptors (Lipinski definition) is 10. The van der Waals surface area contributed by atoms with E-state index < -0.39 is 66.7 Å². The minimum Gasteiger partial charge on any atom is -0.481 e. The molecule has 0 aromatic heterocycles. The van der Waals surface area contributed by atoms with Gasteiger partial charge in [0, 0.05) is 0 Å². The number of aliphatic hydroxyl groups is 5. The second kappa shape index (κ2) is 12.9. The van der Waals surface area contributed by atoms with Crippen molar-refractivity contribution in [2.45, 2.75) is 181 Å². The molecule has 11 heteroatoms. The van der Waals surface area contributed by atoms with Gasteiger partial charge in [-0.2, -0.15) is 0 Å². The highest BCUT2D eigenvalue weighted by molar-refractivity contribution is 5.76. The van der Waals surface area contributed by atoms with E-state index in [9.17, 15) is 35.4 Å². The van der Waals surface area contributed by atoms with E-state index in [-0.39, 0.29) is 45.7 Å². The highest BCUT2D eigenvalue weighted by atomic mass is 16.8. The van der Waals surface area contributed by atoms with E-state index in [4.69, 9.17) is 18.9 Å². The first-order valence-electron chi connectivity index (χ1n) is 20.1. The lowest BCUT2D eigenvalue weighted by molar-refractivity contribution is -0.364. The third kappa shape index (κ3) is 5.64. The van der Waals surface area contributed by atoms with Gasteiger partial charge in [0.25, 0.3) is 0 Å². The number of hydrogen-bond donors (Lipinski definition) is 6. The molecule has 0 aromatic carbocycles. The lowest BCUT2D eigenvalue weighted by Crippen LogP contribution is -2.66. The van der Waals surface area contributed by atoms with Crippen LogP contribution in [0.3, 0.4) is 0 Å². The summed E-state index contributed by atoms with van der Waals surface area (Å²) < 4.78 is 24.5. The highest BCUT2D eigenvalue weighted by Gasteiger charge is 2.69. The topological polar surface area (TPSA) is 175 Å². The molecule has 2 saturated heterocycles. The van der Waals surface area contributed by atoms with Crippen LogP contribution in [0.25, 0.3) is 0 Å². The molecule has 5 aliphatic carbocycles. The van der Waals surface area contributed by atoms with Crippen molar-refractivity contribution in [2.75, 3.05) is 6.61 Å². The summed E-state index contributed by atoms with van der Waals surface area (Å²) in [6, 6.07) is 0. The first-order valence-corrected chi connectivity index (χ1v) is 20.1. The number of carbonyl (C=O) groups is 1. The van der Waals surface area contributed by atoms with Crippen molar-refractivity contribution in [1.82, 2.24) is 0 Å². The van der Waals surface area contributed by atoms with Crippen molar-refractivity contribution in [2.24, 2.45) is 50.2 Å². The second-order valence-corrected chi connectivity index (χ2v) is 20.2. The zero-order chi connectivity index (χ0) is 38.0. The lowest BCUT2D eigenvalue weighted by atomic mass is 9.33. The molecule has 11 nitrogen and oxygen atoms in total. The Morgan fingerprint density at radius 1 is 0.788 bits per heavy atom. The predicted molar refractivity (Wildman–Crippen MR) is 191 cm³/mol. The molecule has 6 N–H and O–H groups in total. The maximum atomic E-state index is 13.0. The lowest BCUT2D eigenvalue weighted by Gasteiger charge is -2.71. The van der Waals surface area contributed by atoms with Crippen LogP contribution in [-0.4, -0.2) is 105 Å². The van der Waals surface area contributed by atoms with E-state index in [0.717, 1.165) is 64.2 Å². The predicted octanol–water partition coefficient (Wildman–Crippen LogP) is 4.55. The number of rotatable bonds is 5. The Morgan fingerprint density at radius 3 is 2.17 bits per heavy atom. The number of ether oxygens (including phenoxy) is 4. The summed E-state index contributed by atoms with van der Waals surface area (Å²) in [5, 5.41) is 63.6. The molecule has 2 aliphatic heterocycles. The van der Waals surface area contributed by atoms with Gasteiger partial charge in [-0.25, -0.2) is 0 Å². The van der Waals surface area contributed by atoms with Crippen LogP contribution in [0.5, 0.6) is 0 Å². The Balaban J connectivity index is 1.13. The van der Waals surface area contributed by atoms with Gasteiger partial charge in [0.05, 0.1) is 24.2 Å². The van der Waals surface area contributed by atoms with Crippen LogP contribution in [0.4, 0.5) is 0 Å². The summed E-state index contributed by atoms with van der Waals surface area (Å²) in [7, 11) is 0. The number of aliphatic hydroxyl groups excluding tert-OH is 5. The fraction of sp³-hybridized carbons (Fsp3) is 0.927. The molecule has 0 radical (unpaired) electrons. The van der Waals surface area contributed by atoms with Crippen LogP contribution in [0.2, 0.25) is 0 Å². The minimum atomic E-state index is -1.58. The minimum absolute atomic E-state index is 0.0146. The van der Waals surface area contributed by atoms with Gasteiger partial charge in [-0.05, 0) is 116 Å². The summed E-state index contributed by atoms with van der Waals surface area (Å²) in [5.41, 5.74) is 0.579. The van der Waals surface area contributed by atoms with Gasteiger partial charge in [-0.15, -0.1) is 0 Å². The fourth-order valence-corrected chi connectivity index (χ4v) is 13.3. The molecule has 296 valence electrons. The Kier molecular flexibility index (Phi) is 9.74. The maximum absolute atomic E-state index is 13.0. The molecule has 0 bridgehead atoms. The number of carboxylic acid groups (broad SMARTS) is 1. The Hall–Kier alpha value is -1.15. The molecular formula is C41H66O11. The number of aliphatic carboxylic acids is 1. The molecule has 0 unspecified atom stereocenters. The van der Waals surface area contributed by atoms with Gasteiger partial charge >= 0.3 is 5.97 Å². The third-order valence-corrected chi connectivity index (χ3v) is 16.8. The van der Waals surface area contributed by atoms with Crippen molar-refractivity contribution in [3.63, 3.8) is 0 Å². The molecule has 17 atom stereocenters. The van der Waals surface area contributed by atoms with Crippen molar-refractivity contribution in [1.29, 1.82) is 0 Å². The van der Waals surface area contributed by atoms with Crippen molar-refractivity contribution in [3.05, 3.63) is 11.6 Å². The molecule has 7 aliphatic rings. The molecular weight excluding hydrogens is 668 g/mol. The Labute approximate surface area is 309 Å². The van der Waals surface area contributed by atoms with Crippen LogP contribution in [0.15, 0.2) is 11.6 Å². The van der Waals surface area contributed by atoms with E-state index in [2.05, 4.69) is 54.5 Å². The first kappa shape index (κ1) is 39.1. The van der Waals surface area contributed by atoms with Gasteiger partial charge in [0.1, 0.15) is 36.6 Å². The normalized spacial score (nSPS) is 54.1. The molecule has 2 heterocycles. The second-order valence-electron chi connectivity index (χ2n) is 20.2. The van der Waals surface area contributed by atoms with Gasteiger partial charge in [-0.1, -0.05) is 60.1 Å². The monoisotopic (exact) mass is 734 g/mol. The number of fused-ring (bicyclic) bond motifs is 7. The smallest absolute Gasteiger partial charge is 0.310 e. The Morgan fingerprint density at radius 2 is 1.48 bits per heavy atom. The zero-order valence-electron chi connectivity index (χ0n) is 32.6. The van der Waals surface area contributed by atoms with E-state index in [1.807, 2.05) is 0 Å². The SMILES string of the molecule is C[C@@H]1O[C@@H](O[C@H]2[C@@H](O[C@H]3CC[C@]4(C)[C@H]5CC=C6[C@@H]7CC(C)(C)CC[C@]7(C(=O)O)CC[C@@]6(C)[C@]5(C)CC[C@H]4C3(C)C)OC[C@H](O)[C@@H]2O)[C@H](O)[C@H](O)[C@H]1O. The summed E-state index contributed by atoms with van der Waals surface area (Å²) in [6.45, 7) is 18.1. The standard InChI is InChI=1S/C41H66O11/c1-21-28(43)30(45)31(46)33(50-21)52-32-29(44)24(42)20-49-34(32)51-27-12-13-38(6)25(37(27,4)5)11-14-40(8)26(38)10-9-22-23-19-36(2,3)15-17-41(23,35(47)48)18-16-39(22,40)7/h9,21,23-34,42-46H,10-20H2,1-8H3,(H,47,48)/t21-,23-,24-,25-,26+,27-,28-,29-,30+,31+,32+,33-,34+,38-,39+,40+,41-/m0/s1. The molecule has 7 rings (SSSR count). The van der Waals surface area contributed by atoms with Gasteiger partial charge in [0.2, 0.25) is 0 Å². The molecule has 4 saturated carbocycles. The van der Waals surface area contributed by atoms with Gasteiger partial charge < -0.3 is 49.6 Å². The fourth-order valence-electron chi connectivity index (χ4n) is 13.3. The van der Waals surface area contributed by atoms with Gasteiger partial charge in [-0.3, -0.25) is 4.79 Å². The molecule has 0 amide bonds. The number of carboxylic acids is 1. The maximum Gasteiger partial charge on any atom is 0.310 e. The van der Waals surface area contributed by atoms with E-state index in [0.29, 0.717) is 11.8 Å². The largest absolute Gasteiger partial charge is 0.481 e. The molecule has 52 heavy (non-hydrogen) atoms. The van der Waals surface area contributed by atoms with Gasteiger partial charge in [0.15, 0.2) is 12.6 Å². The molecule has 0 spiro atoms. The van der Waals surface area contributed by atoms with Crippen LogP contribution in [0, 0.1) is 50.2 Å². The zero-order valence-corrected chi connectivity index (χ0v) is 32.6. The number of allylic oxidation sites excluding steroid dienone is 2. The average molecular weight is 735 g/mol. The van der Waals surface area contributed by atoms with E-state index in [1.165, 1.54) is 5.57 Å². The third-order valence-electron chi connectivity index (χ3n) is 16.8. The van der Waals surface area contributed by atoms with Crippen LogP contribution < -0.4 is 0 Å². The Bertz CT molecular complexity index is 1410. The van der Waals surface area contributed by atoms with Crippen molar-refractivity contribution < 1.29 is 54.4 Å².